The van der Waals surface area contributed by atoms with Crippen LogP contribution >= 0.6 is 12.2 Å². The average Bonchev–Trinajstić information content (AvgIpc) is 2.90. The van der Waals surface area contributed by atoms with Crippen molar-refractivity contribution in [1.29, 1.82) is 0 Å². The summed E-state index contributed by atoms with van der Waals surface area (Å²) in [5, 5.41) is 0. The molecule has 2 aliphatic heterocycles. The molecule has 19 heavy (non-hydrogen) atoms. The van der Waals surface area contributed by atoms with Gasteiger partial charge < -0.3 is 10.6 Å². The molecular weight excluding hydrogens is 254 g/mol. The molecule has 2 heterocycles. The van der Waals surface area contributed by atoms with Crippen LogP contribution < -0.4 is 5.73 Å². The van der Waals surface area contributed by atoms with Crippen molar-refractivity contribution in [2.24, 2.45) is 11.7 Å². The summed E-state index contributed by atoms with van der Waals surface area (Å²) in [4.78, 5) is 5.94. The van der Waals surface area contributed by atoms with Crippen LogP contribution in [0, 0.1) is 5.92 Å². The summed E-state index contributed by atoms with van der Waals surface area (Å²) in [6.45, 7) is 8.72. The van der Waals surface area contributed by atoms with Gasteiger partial charge in [0, 0.05) is 19.0 Å². The highest BCUT2D eigenvalue weighted by Crippen LogP contribution is 2.23. The topological polar surface area (TPSA) is 32.5 Å². The van der Waals surface area contributed by atoms with Gasteiger partial charge in [-0.1, -0.05) is 19.1 Å². The van der Waals surface area contributed by atoms with Crippen molar-refractivity contribution in [3.05, 3.63) is 0 Å². The van der Waals surface area contributed by atoms with E-state index in [2.05, 4.69) is 16.7 Å². The summed E-state index contributed by atoms with van der Waals surface area (Å²) in [5.41, 5.74) is 5.71. The molecule has 110 valence electrons. The van der Waals surface area contributed by atoms with Gasteiger partial charge in [-0.3, -0.25) is 4.90 Å². The summed E-state index contributed by atoms with van der Waals surface area (Å²) in [7, 11) is 0. The first-order chi connectivity index (χ1) is 9.19. The fraction of sp³-hybridized carbons (Fsp3) is 0.933. The summed E-state index contributed by atoms with van der Waals surface area (Å²) in [5.74, 6) is 0.914. The van der Waals surface area contributed by atoms with Gasteiger partial charge in [0.05, 0.1) is 4.99 Å². The summed E-state index contributed by atoms with van der Waals surface area (Å²) in [6, 6.07) is 0.574. The molecule has 2 aliphatic rings. The van der Waals surface area contributed by atoms with Crippen LogP contribution in [-0.4, -0.2) is 53.6 Å². The normalized spacial score (nSPS) is 24.7. The molecule has 2 N–H and O–H groups in total. The molecule has 1 unspecified atom stereocenters. The monoisotopic (exact) mass is 283 g/mol. The Bertz CT molecular complexity index is 281. The molecule has 2 fully saturated rings. The molecule has 0 aromatic carbocycles. The van der Waals surface area contributed by atoms with Crippen LogP contribution in [0.15, 0.2) is 0 Å². The molecule has 3 nitrogen and oxygen atoms in total. The predicted molar refractivity (Wildman–Crippen MR) is 85.5 cm³/mol. The SMILES string of the molecule is CCC(CC(N)=S)N1CCC(CN2CCCC2)CC1. The Labute approximate surface area is 123 Å². The highest BCUT2D eigenvalue weighted by molar-refractivity contribution is 7.80. The van der Waals surface area contributed by atoms with E-state index >= 15 is 0 Å². The van der Waals surface area contributed by atoms with E-state index in [0.717, 1.165) is 18.8 Å². The number of likely N-dealkylation sites (tertiary alicyclic amines) is 2. The quantitative estimate of drug-likeness (QED) is 0.758. The molecule has 0 spiro atoms. The van der Waals surface area contributed by atoms with Gasteiger partial charge in [-0.2, -0.15) is 0 Å². The Hall–Kier alpha value is -0.190. The molecule has 0 saturated carbocycles. The minimum atomic E-state index is 0.574. The molecule has 0 aromatic rings. The zero-order valence-corrected chi connectivity index (χ0v) is 13.1. The zero-order valence-electron chi connectivity index (χ0n) is 12.3. The van der Waals surface area contributed by atoms with Gasteiger partial charge in [-0.15, -0.1) is 0 Å². The molecule has 1 atom stereocenters. The first kappa shape index (κ1) is 15.2. The van der Waals surface area contributed by atoms with Crippen LogP contribution in [-0.2, 0) is 0 Å². The number of hydrogen-bond acceptors (Lipinski definition) is 3. The van der Waals surface area contributed by atoms with Gasteiger partial charge in [-0.05, 0) is 64.2 Å². The van der Waals surface area contributed by atoms with Gasteiger partial charge in [0.1, 0.15) is 0 Å². The first-order valence-electron chi connectivity index (χ1n) is 7.93. The van der Waals surface area contributed by atoms with Crippen LogP contribution in [0.2, 0.25) is 0 Å². The fourth-order valence-corrected chi connectivity index (χ4v) is 3.79. The van der Waals surface area contributed by atoms with E-state index < -0.39 is 0 Å². The van der Waals surface area contributed by atoms with Gasteiger partial charge in [-0.25, -0.2) is 0 Å². The maximum Gasteiger partial charge on any atom is 0.0743 e. The maximum atomic E-state index is 5.71. The van der Waals surface area contributed by atoms with Crippen molar-refractivity contribution in [3.63, 3.8) is 0 Å². The van der Waals surface area contributed by atoms with E-state index in [-0.39, 0.29) is 0 Å². The van der Waals surface area contributed by atoms with Crippen molar-refractivity contribution in [1.82, 2.24) is 9.80 Å². The zero-order chi connectivity index (χ0) is 13.7. The van der Waals surface area contributed by atoms with Crippen molar-refractivity contribution < 1.29 is 0 Å². The molecule has 4 heteroatoms. The molecule has 2 rings (SSSR count). The minimum Gasteiger partial charge on any atom is -0.393 e. The van der Waals surface area contributed by atoms with E-state index in [1.54, 1.807) is 0 Å². The number of nitrogens with zero attached hydrogens (tertiary/aromatic N) is 2. The highest BCUT2D eigenvalue weighted by Gasteiger charge is 2.26. The van der Waals surface area contributed by atoms with Crippen LogP contribution in [0.3, 0.4) is 0 Å². The molecule has 0 bridgehead atoms. The predicted octanol–water partition coefficient (Wildman–Crippen LogP) is 2.25. The van der Waals surface area contributed by atoms with E-state index in [4.69, 9.17) is 18.0 Å². The van der Waals surface area contributed by atoms with Gasteiger partial charge in [0.2, 0.25) is 0 Å². The lowest BCUT2D eigenvalue weighted by atomic mass is 9.94. The first-order valence-corrected chi connectivity index (χ1v) is 8.34. The Morgan fingerprint density at radius 3 is 2.37 bits per heavy atom. The minimum absolute atomic E-state index is 0.574. The largest absolute Gasteiger partial charge is 0.393 e. The third-order valence-electron chi connectivity index (χ3n) is 4.79. The second kappa shape index (κ2) is 7.55. The van der Waals surface area contributed by atoms with Crippen LogP contribution in [0.1, 0.15) is 45.4 Å². The lowest BCUT2D eigenvalue weighted by molar-refractivity contribution is 0.115. The highest BCUT2D eigenvalue weighted by atomic mass is 32.1. The van der Waals surface area contributed by atoms with Gasteiger partial charge in [0.15, 0.2) is 0 Å². The third kappa shape index (κ3) is 4.69. The summed E-state index contributed by atoms with van der Waals surface area (Å²) in [6.07, 6.45) is 7.57. The third-order valence-corrected chi connectivity index (χ3v) is 4.96. The molecule has 0 aliphatic carbocycles. The number of rotatable bonds is 6. The van der Waals surface area contributed by atoms with Crippen LogP contribution in [0.5, 0.6) is 0 Å². The molecule has 2 saturated heterocycles. The molecular formula is C15H29N3S. The smallest absolute Gasteiger partial charge is 0.0743 e. The molecule has 0 radical (unpaired) electrons. The summed E-state index contributed by atoms with van der Waals surface area (Å²) < 4.78 is 0. The second-order valence-corrected chi connectivity index (χ2v) is 6.74. The van der Waals surface area contributed by atoms with Gasteiger partial charge >= 0.3 is 0 Å². The molecule has 0 amide bonds. The number of nitrogens with two attached hydrogens (primary N) is 1. The van der Waals surface area contributed by atoms with E-state index in [0.29, 0.717) is 11.0 Å². The lowest BCUT2D eigenvalue weighted by Crippen LogP contribution is -2.44. The van der Waals surface area contributed by atoms with Crippen LogP contribution in [0.4, 0.5) is 0 Å². The lowest BCUT2D eigenvalue weighted by Gasteiger charge is -2.38. The number of thiocarbonyl (C=S) groups is 1. The maximum absolute atomic E-state index is 5.71. The average molecular weight is 283 g/mol. The van der Waals surface area contributed by atoms with Crippen molar-refractivity contribution in [2.45, 2.75) is 51.5 Å². The number of hydrogen-bond donors (Lipinski definition) is 1. The fourth-order valence-electron chi connectivity index (χ4n) is 3.59. The Morgan fingerprint density at radius 2 is 1.84 bits per heavy atom. The van der Waals surface area contributed by atoms with Crippen LogP contribution in [0.25, 0.3) is 0 Å². The van der Waals surface area contributed by atoms with Gasteiger partial charge in [0.25, 0.3) is 0 Å². The Balaban J connectivity index is 1.72. The number of piperidine rings is 1. The Morgan fingerprint density at radius 1 is 1.21 bits per heavy atom. The Kier molecular flexibility index (Phi) is 6.05. The standard InChI is InChI=1S/C15H29N3S/c1-2-14(11-15(16)19)18-9-5-13(6-10-18)12-17-7-3-4-8-17/h13-14H,2-12H2,1H3,(H2,16,19). The van der Waals surface area contributed by atoms with Crippen molar-refractivity contribution >= 4 is 17.2 Å². The van der Waals surface area contributed by atoms with Crippen molar-refractivity contribution in [2.75, 3.05) is 32.7 Å². The second-order valence-electron chi connectivity index (χ2n) is 6.22. The van der Waals surface area contributed by atoms with Crippen molar-refractivity contribution in [3.8, 4) is 0 Å². The molecule has 0 aromatic heterocycles. The van der Waals surface area contributed by atoms with E-state index in [9.17, 15) is 0 Å². The van der Waals surface area contributed by atoms with E-state index in [1.165, 1.54) is 58.4 Å². The summed E-state index contributed by atoms with van der Waals surface area (Å²) >= 11 is 5.07. The van der Waals surface area contributed by atoms with E-state index in [1.807, 2.05) is 0 Å².